The largest absolute Gasteiger partial charge is 0.493 e. The zero-order valence-corrected chi connectivity index (χ0v) is 19.7. The molecule has 1 N–H and O–H groups in total. The molecular formula is C26H31F2N3O3. The number of halogens is 2. The number of nitrogens with one attached hydrogen (secondary N) is 1. The Morgan fingerprint density at radius 2 is 1.82 bits per heavy atom. The van der Waals surface area contributed by atoms with Crippen molar-refractivity contribution in [2.45, 2.75) is 44.8 Å². The van der Waals surface area contributed by atoms with Gasteiger partial charge in [-0.2, -0.15) is 0 Å². The normalized spacial score (nSPS) is 18.6. The molecule has 0 saturated heterocycles. The lowest BCUT2D eigenvalue weighted by molar-refractivity contribution is -0.134. The van der Waals surface area contributed by atoms with Crippen LogP contribution in [0.4, 0.5) is 8.78 Å². The molecule has 2 aromatic rings. The molecule has 34 heavy (non-hydrogen) atoms. The number of carbonyl (C=O) groups is 2. The van der Waals surface area contributed by atoms with Crippen LogP contribution in [-0.4, -0.2) is 54.8 Å². The molecule has 0 bridgehead atoms. The summed E-state index contributed by atoms with van der Waals surface area (Å²) in [6, 6.07) is 14.0. The average Bonchev–Trinajstić information content (AvgIpc) is 3.43. The quantitative estimate of drug-likeness (QED) is 0.570. The van der Waals surface area contributed by atoms with Crippen molar-refractivity contribution in [2.75, 3.05) is 27.2 Å². The maximum atomic E-state index is 13.0. The molecule has 4 rings (SSSR count). The maximum Gasteiger partial charge on any atom is 0.255 e. The highest BCUT2D eigenvalue weighted by Gasteiger charge is 2.57. The Hall–Kier alpha value is -3.00. The third-order valence-corrected chi connectivity index (χ3v) is 6.41. The summed E-state index contributed by atoms with van der Waals surface area (Å²) < 4.78 is 31.7. The molecule has 1 atom stereocenters. The van der Waals surface area contributed by atoms with E-state index in [0.29, 0.717) is 12.3 Å². The summed E-state index contributed by atoms with van der Waals surface area (Å²) in [7, 11) is 3.26. The summed E-state index contributed by atoms with van der Waals surface area (Å²) in [4.78, 5) is 27.2. The number of hydrogen-bond donors (Lipinski definition) is 1. The van der Waals surface area contributed by atoms with Crippen LogP contribution in [0.2, 0.25) is 0 Å². The molecule has 6 nitrogen and oxygen atoms in total. The zero-order valence-electron chi connectivity index (χ0n) is 19.7. The van der Waals surface area contributed by atoms with Gasteiger partial charge in [0.1, 0.15) is 12.2 Å². The first kappa shape index (κ1) is 24.1. The van der Waals surface area contributed by atoms with Crippen molar-refractivity contribution < 1.29 is 23.1 Å². The summed E-state index contributed by atoms with van der Waals surface area (Å²) in [6.45, 7) is 3.02. The van der Waals surface area contributed by atoms with Crippen LogP contribution in [0, 0.1) is 5.92 Å². The first-order valence-electron chi connectivity index (χ1n) is 11.6. The molecule has 0 radical (unpaired) electrons. The molecule has 0 aromatic heterocycles. The SMILES string of the molecule is CN(C)C(=O)CC(=O)NCc1ccc(CN2CCc3cc(OCC4CC4(F)F)ccc3C2)cc1. The van der Waals surface area contributed by atoms with E-state index >= 15 is 0 Å². The fourth-order valence-corrected chi connectivity index (χ4v) is 4.04. The highest BCUT2D eigenvalue weighted by molar-refractivity contribution is 5.96. The molecule has 1 aliphatic carbocycles. The molecular weight excluding hydrogens is 440 g/mol. The third-order valence-electron chi connectivity index (χ3n) is 6.41. The van der Waals surface area contributed by atoms with Gasteiger partial charge in [-0.3, -0.25) is 14.5 Å². The maximum absolute atomic E-state index is 13.0. The van der Waals surface area contributed by atoms with E-state index in [4.69, 9.17) is 4.74 Å². The van der Waals surface area contributed by atoms with Crippen LogP contribution in [0.15, 0.2) is 42.5 Å². The fraction of sp³-hybridized carbons (Fsp3) is 0.462. The van der Waals surface area contributed by atoms with Crippen LogP contribution in [-0.2, 0) is 35.6 Å². The van der Waals surface area contributed by atoms with Gasteiger partial charge in [0.05, 0.1) is 12.5 Å². The number of hydrogen-bond acceptors (Lipinski definition) is 4. The van der Waals surface area contributed by atoms with Gasteiger partial charge < -0.3 is 15.0 Å². The standard InChI is InChI=1S/C26H31F2N3O3/c1-30(2)25(33)12-24(32)29-14-18-3-5-19(6-4-18)15-31-10-9-20-11-23(8-7-21(20)16-31)34-17-22-13-26(22,27)28/h3-8,11,22H,9-10,12-17H2,1-2H3,(H,29,32). The number of ether oxygens (including phenoxy) is 1. The lowest BCUT2D eigenvalue weighted by Gasteiger charge is -2.29. The van der Waals surface area contributed by atoms with Crippen molar-refractivity contribution >= 4 is 11.8 Å². The molecule has 1 heterocycles. The minimum atomic E-state index is -2.55. The van der Waals surface area contributed by atoms with E-state index in [1.807, 2.05) is 30.3 Å². The summed E-state index contributed by atoms with van der Waals surface area (Å²) in [6.07, 6.45) is 0.674. The van der Waals surface area contributed by atoms with Crippen LogP contribution < -0.4 is 10.1 Å². The van der Waals surface area contributed by atoms with Crippen LogP contribution in [0.1, 0.15) is 35.1 Å². The Morgan fingerprint density at radius 3 is 2.50 bits per heavy atom. The number of benzene rings is 2. The van der Waals surface area contributed by atoms with Crippen molar-refractivity contribution in [3.8, 4) is 5.75 Å². The van der Waals surface area contributed by atoms with Gasteiger partial charge in [0, 0.05) is 46.7 Å². The number of alkyl halides is 2. The average molecular weight is 472 g/mol. The Bertz CT molecular complexity index is 1040. The summed E-state index contributed by atoms with van der Waals surface area (Å²) in [5.41, 5.74) is 4.62. The third kappa shape index (κ3) is 6.32. The van der Waals surface area contributed by atoms with Gasteiger partial charge in [-0.05, 0) is 40.8 Å². The Morgan fingerprint density at radius 1 is 1.12 bits per heavy atom. The molecule has 2 aliphatic rings. The smallest absolute Gasteiger partial charge is 0.255 e. The molecule has 1 aliphatic heterocycles. The lowest BCUT2D eigenvalue weighted by atomic mass is 9.99. The second-order valence-corrected chi connectivity index (χ2v) is 9.42. The summed E-state index contributed by atoms with van der Waals surface area (Å²) in [5.74, 6) is -3.03. The molecule has 1 fully saturated rings. The minimum absolute atomic E-state index is 0.0691. The lowest BCUT2D eigenvalue weighted by Crippen LogP contribution is -2.31. The second-order valence-electron chi connectivity index (χ2n) is 9.42. The van der Waals surface area contributed by atoms with Crippen LogP contribution in [0.5, 0.6) is 5.75 Å². The molecule has 182 valence electrons. The highest BCUT2D eigenvalue weighted by Crippen LogP contribution is 2.48. The molecule has 2 aromatic carbocycles. The molecule has 2 amide bonds. The number of fused-ring (bicyclic) bond motifs is 1. The van der Waals surface area contributed by atoms with Crippen molar-refractivity contribution in [3.63, 3.8) is 0 Å². The second kappa shape index (κ2) is 10.1. The van der Waals surface area contributed by atoms with E-state index in [1.54, 1.807) is 14.1 Å². The monoisotopic (exact) mass is 471 g/mol. The number of nitrogens with zero attached hydrogens (tertiary/aromatic N) is 2. The Labute approximate surface area is 198 Å². The molecule has 1 unspecified atom stereocenters. The molecule has 1 saturated carbocycles. The van der Waals surface area contributed by atoms with Gasteiger partial charge in [-0.1, -0.05) is 30.3 Å². The first-order valence-corrected chi connectivity index (χ1v) is 11.6. The van der Waals surface area contributed by atoms with Gasteiger partial charge in [0.25, 0.3) is 5.92 Å². The summed E-state index contributed by atoms with van der Waals surface area (Å²) >= 11 is 0. The van der Waals surface area contributed by atoms with Crippen LogP contribution in [0.3, 0.4) is 0 Å². The summed E-state index contributed by atoms with van der Waals surface area (Å²) in [5, 5.41) is 2.78. The van der Waals surface area contributed by atoms with Crippen molar-refractivity contribution in [3.05, 3.63) is 64.7 Å². The fourth-order valence-electron chi connectivity index (χ4n) is 4.04. The van der Waals surface area contributed by atoms with Gasteiger partial charge in [-0.15, -0.1) is 0 Å². The zero-order chi connectivity index (χ0) is 24.3. The Kier molecular flexibility index (Phi) is 7.16. The van der Waals surface area contributed by atoms with E-state index in [1.165, 1.54) is 21.6 Å². The van der Waals surface area contributed by atoms with E-state index in [-0.39, 0.29) is 31.3 Å². The number of amides is 2. The van der Waals surface area contributed by atoms with Crippen LogP contribution >= 0.6 is 0 Å². The van der Waals surface area contributed by atoms with Gasteiger partial charge in [0.15, 0.2) is 0 Å². The number of carbonyl (C=O) groups excluding carboxylic acids is 2. The number of rotatable bonds is 9. The van der Waals surface area contributed by atoms with E-state index in [9.17, 15) is 18.4 Å². The van der Waals surface area contributed by atoms with Gasteiger partial charge >= 0.3 is 0 Å². The van der Waals surface area contributed by atoms with E-state index in [0.717, 1.165) is 31.6 Å². The minimum Gasteiger partial charge on any atom is -0.493 e. The topological polar surface area (TPSA) is 61.9 Å². The predicted octanol–water partition coefficient (Wildman–Crippen LogP) is 3.37. The van der Waals surface area contributed by atoms with Crippen LogP contribution in [0.25, 0.3) is 0 Å². The van der Waals surface area contributed by atoms with E-state index in [2.05, 4.69) is 22.3 Å². The molecule has 8 heteroatoms. The van der Waals surface area contributed by atoms with Gasteiger partial charge in [-0.25, -0.2) is 8.78 Å². The predicted molar refractivity (Wildman–Crippen MR) is 124 cm³/mol. The van der Waals surface area contributed by atoms with Crippen molar-refractivity contribution in [1.29, 1.82) is 0 Å². The molecule has 0 spiro atoms. The van der Waals surface area contributed by atoms with Crippen molar-refractivity contribution in [1.82, 2.24) is 15.1 Å². The first-order chi connectivity index (χ1) is 16.2. The highest BCUT2D eigenvalue weighted by atomic mass is 19.3. The van der Waals surface area contributed by atoms with Gasteiger partial charge in [0.2, 0.25) is 11.8 Å². The van der Waals surface area contributed by atoms with E-state index < -0.39 is 11.8 Å². The van der Waals surface area contributed by atoms with Crippen molar-refractivity contribution in [2.24, 2.45) is 5.92 Å². The Balaban J connectivity index is 1.23.